The molecule has 3 rings (SSSR count). The minimum absolute atomic E-state index is 0.0327. The van der Waals surface area contributed by atoms with Gasteiger partial charge in [0, 0.05) is 57.6 Å². The molecule has 2 amide bonds. The van der Waals surface area contributed by atoms with Crippen LogP contribution in [-0.2, 0) is 13.0 Å². The van der Waals surface area contributed by atoms with Crippen molar-refractivity contribution < 1.29 is 4.79 Å². The number of urea groups is 1. The third kappa shape index (κ3) is 4.80. The van der Waals surface area contributed by atoms with Crippen LogP contribution in [0.4, 0.5) is 4.79 Å². The maximum atomic E-state index is 12.2. The van der Waals surface area contributed by atoms with Crippen LogP contribution in [0.3, 0.4) is 0 Å². The summed E-state index contributed by atoms with van der Waals surface area (Å²) in [7, 11) is 0. The second kappa shape index (κ2) is 8.45. The summed E-state index contributed by atoms with van der Waals surface area (Å²) in [5.41, 5.74) is 2.33. The van der Waals surface area contributed by atoms with Crippen LogP contribution in [0.1, 0.15) is 11.3 Å². The van der Waals surface area contributed by atoms with Crippen molar-refractivity contribution in [2.75, 3.05) is 32.7 Å². The molecule has 1 aliphatic heterocycles. The van der Waals surface area contributed by atoms with E-state index in [1.807, 2.05) is 29.2 Å². The minimum atomic E-state index is 0.0327. The molecule has 5 nitrogen and oxygen atoms in total. The van der Waals surface area contributed by atoms with E-state index >= 15 is 0 Å². The van der Waals surface area contributed by atoms with E-state index in [0.717, 1.165) is 44.8 Å². The van der Waals surface area contributed by atoms with Crippen molar-refractivity contribution in [2.45, 2.75) is 13.0 Å². The zero-order chi connectivity index (χ0) is 16.6. The molecule has 1 aromatic carbocycles. The molecule has 0 bridgehead atoms. The smallest absolute Gasteiger partial charge is 0.317 e. The number of rotatable bonds is 5. The van der Waals surface area contributed by atoms with Gasteiger partial charge in [0.2, 0.25) is 0 Å². The fourth-order valence-electron chi connectivity index (χ4n) is 2.91. The highest BCUT2D eigenvalue weighted by atomic mass is 16.2. The van der Waals surface area contributed by atoms with Crippen molar-refractivity contribution in [2.24, 2.45) is 0 Å². The number of pyridine rings is 1. The van der Waals surface area contributed by atoms with Crippen LogP contribution in [0.15, 0.2) is 54.7 Å². The highest BCUT2D eigenvalue weighted by molar-refractivity contribution is 5.74. The Bertz CT molecular complexity index is 624. The van der Waals surface area contributed by atoms with Gasteiger partial charge in [-0.3, -0.25) is 9.88 Å². The number of hydrogen-bond acceptors (Lipinski definition) is 3. The number of carbonyl (C=O) groups is 1. The van der Waals surface area contributed by atoms with Crippen molar-refractivity contribution in [1.82, 2.24) is 20.1 Å². The van der Waals surface area contributed by atoms with Gasteiger partial charge in [-0.1, -0.05) is 36.4 Å². The van der Waals surface area contributed by atoms with Crippen molar-refractivity contribution in [3.05, 3.63) is 66.0 Å². The first-order chi connectivity index (χ1) is 11.8. The summed E-state index contributed by atoms with van der Waals surface area (Å²) in [4.78, 5) is 20.8. The van der Waals surface area contributed by atoms with E-state index in [-0.39, 0.29) is 6.03 Å². The van der Waals surface area contributed by atoms with Crippen LogP contribution in [0.25, 0.3) is 0 Å². The Morgan fingerprint density at radius 1 is 1.00 bits per heavy atom. The fourth-order valence-corrected chi connectivity index (χ4v) is 2.91. The summed E-state index contributed by atoms with van der Waals surface area (Å²) in [6.07, 6.45) is 2.55. The standard InChI is InChI=1S/C19H24N4O/c24-19(21-11-9-18-8-4-5-10-20-18)23-14-12-22(13-15-23)16-17-6-2-1-3-7-17/h1-8,10H,9,11-16H2,(H,21,24). The summed E-state index contributed by atoms with van der Waals surface area (Å²) < 4.78 is 0. The number of hydrogen-bond donors (Lipinski definition) is 1. The molecule has 24 heavy (non-hydrogen) atoms. The first-order valence-electron chi connectivity index (χ1n) is 8.50. The van der Waals surface area contributed by atoms with Gasteiger partial charge >= 0.3 is 6.03 Å². The molecule has 1 N–H and O–H groups in total. The third-order valence-corrected chi connectivity index (χ3v) is 4.29. The van der Waals surface area contributed by atoms with Crippen LogP contribution in [-0.4, -0.2) is 53.5 Å². The second-order valence-corrected chi connectivity index (χ2v) is 6.05. The molecule has 0 radical (unpaired) electrons. The van der Waals surface area contributed by atoms with Gasteiger partial charge in [0.05, 0.1) is 0 Å². The number of amides is 2. The van der Waals surface area contributed by atoms with E-state index in [1.54, 1.807) is 6.20 Å². The first-order valence-corrected chi connectivity index (χ1v) is 8.50. The minimum Gasteiger partial charge on any atom is -0.338 e. The molecule has 0 aliphatic carbocycles. The molecule has 1 saturated heterocycles. The summed E-state index contributed by atoms with van der Waals surface area (Å²) in [6, 6.07) is 16.4. The SMILES string of the molecule is O=C(NCCc1ccccn1)N1CCN(Cc2ccccc2)CC1. The molecule has 0 atom stereocenters. The Balaban J connectivity index is 1.37. The molecule has 0 unspecified atom stereocenters. The Hall–Kier alpha value is -2.40. The number of piperazine rings is 1. The predicted octanol–water partition coefficient (Wildman–Crippen LogP) is 2.15. The number of benzene rings is 1. The average molecular weight is 324 g/mol. The number of carbonyl (C=O) groups excluding carboxylic acids is 1. The molecular weight excluding hydrogens is 300 g/mol. The van der Waals surface area contributed by atoms with Crippen LogP contribution in [0.2, 0.25) is 0 Å². The molecular formula is C19H24N4O. The van der Waals surface area contributed by atoms with Crippen molar-refractivity contribution in [3.63, 3.8) is 0 Å². The lowest BCUT2D eigenvalue weighted by Crippen LogP contribution is -2.51. The normalized spacial score (nSPS) is 15.2. The third-order valence-electron chi connectivity index (χ3n) is 4.29. The quantitative estimate of drug-likeness (QED) is 0.917. The summed E-state index contributed by atoms with van der Waals surface area (Å²) in [5, 5.41) is 2.99. The lowest BCUT2D eigenvalue weighted by molar-refractivity contribution is 0.135. The van der Waals surface area contributed by atoms with Crippen molar-refractivity contribution >= 4 is 6.03 Å². The number of aromatic nitrogens is 1. The van der Waals surface area contributed by atoms with Crippen molar-refractivity contribution in [3.8, 4) is 0 Å². The largest absolute Gasteiger partial charge is 0.338 e. The topological polar surface area (TPSA) is 48.5 Å². The van der Waals surface area contributed by atoms with Gasteiger partial charge in [-0.05, 0) is 17.7 Å². The van der Waals surface area contributed by atoms with E-state index in [9.17, 15) is 4.79 Å². The van der Waals surface area contributed by atoms with Gasteiger partial charge in [0.15, 0.2) is 0 Å². The molecule has 2 aromatic rings. The Labute approximate surface area is 143 Å². The van der Waals surface area contributed by atoms with Crippen LogP contribution in [0, 0.1) is 0 Å². The zero-order valence-electron chi connectivity index (χ0n) is 13.9. The molecule has 2 heterocycles. The molecule has 1 fully saturated rings. The van der Waals surface area contributed by atoms with Gasteiger partial charge in [0.25, 0.3) is 0 Å². The maximum Gasteiger partial charge on any atom is 0.317 e. The molecule has 5 heteroatoms. The highest BCUT2D eigenvalue weighted by Gasteiger charge is 2.20. The zero-order valence-corrected chi connectivity index (χ0v) is 13.9. The second-order valence-electron chi connectivity index (χ2n) is 6.05. The number of nitrogens with one attached hydrogen (secondary N) is 1. The summed E-state index contributed by atoms with van der Waals surface area (Å²) >= 11 is 0. The van der Waals surface area contributed by atoms with E-state index < -0.39 is 0 Å². The van der Waals surface area contributed by atoms with Gasteiger partial charge < -0.3 is 10.2 Å². The lowest BCUT2D eigenvalue weighted by Gasteiger charge is -2.34. The van der Waals surface area contributed by atoms with Gasteiger partial charge in [-0.25, -0.2) is 4.79 Å². The summed E-state index contributed by atoms with van der Waals surface area (Å²) in [5.74, 6) is 0. The fraction of sp³-hybridized carbons (Fsp3) is 0.368. The van der Waals surface area contributed by atoms with E-state index in [0.29, 0.717) is 6.54 Å². The van der Waals surface area contributed by atoms with Crippen LogP contribution >= 0.6 is 0 Å². The van der Waals surface area contributed by atoms with Crippen LogP contribution in [0.5, 0.6) is 0 Å². The Morgan fingerprint density at radius 3 is 2.46 bits per heavy atom. The van der Waals surface area contributed by atoms with E-state index in [4.69, 9.17) is 0 Å². The van der Waals surface area contributed by atoms with Gasteiger partial charge in [-0.15, -0.1) is 0 Å². The molecule has 126 valence electrons. The van der Waals surface area contributed by atoms with E-state index in [2.05, 4.69) is 39.5 Å². The molecule has 1 aliphatic rings. The molecule has 0 spiro atoms. The highest BCUT2D eigenvalue weighted by Crippen LogP contribution is 2.08. The molecule has 1 aromatic heterocycles. The monoisotopic (exact) mass is 324 g/mol. The maximum absolute atomic E-state index is 12.2. The summed E-state index contributed by atoms with van der Waals surface area (Å²) in [6.45, 7) is 4.98. The lowest BCUT2D eigenvalue weighted by atomic mass is 10.2. The number of nitrogens with zero attached hydrogens (tertiary/aromatic N) is 3. The predicted molar refractivity (Wildman–Crippen MR) is 94.6 cm³/mol. The van der Waals surface area contributed by atoms with Gasteiger partial charge in [0.1, 0.15) is 0 Å². The Kier molecular flexibility index (Phi) is 5.80. The molecule has 0 saturated carbocycles. The van der Waals surface area contributed by atoms with Gasteiger partial charge in [-0.2, -0.15) is 0 Å². The van der Waals surface area contributed by atoms with E-state index in [1.165, 1.54) is 5.56 Å². The van der Waals surface area contributed by atoms with Crippen LogP contribution < -0.4 is 5.32 Å². The van der Waals surface area contributed by atoms with Crippen molar-refractivity contribution in [1.29, 1.82) is 0 Å². The average Bonchev–Trinajstić information content (AvgIpc) is 2.64. The Morgan fingerprint density at radius 2 is 1.75 bits per heavy atom. The first kappa shape index (κ1) is 16.5.